The first-order valence-corrected chi connectivity index (χ1v) is 6.00. The lowest BCUT2D eigenvalue weighted by molar-refractivity contribution is 0.103. The second-order valence-corrected chi connectivity index (χ2v) is 4.84. The number of hydrogen-bond donors (Lipinski definition) is 0. The van der Waals surface area contributed by atoms with Gasteiger partial charge in [-0.3, -0.25) is 4.79 Å². The molecular weight excluding hydrogens is 274 g/mol. The number of benzene rings is 2. The Kier molecular flexibility index (Phi) is 3.69. The van der Waals surface area contributed by atoms with E-state index in [2.05, 4.69) is 0 Å². The minimum absolute atomic E-state index is 0.0129. The van der Waals surface area contributed by atoms with E-state index in [1.54, 1.807) is 12.1 Å². The molecule has 0 atom stereocenters. The molecule has 0 fully saturated rings. The first kappa shape index (κ1) is 13.1. The molecule has 0 aliphatic carbocycles. The van der Waals surface area contributed by atoms with Gasteiger partial charge in [0.25, 0.3) is 0 Å². The lowest BCUT2D eigenvalue weighted by Gasteiger charge is -2.05. The highest BCUT2D eigenvalue weighted by Gasteiger charge is 2.15. The van der Waals surface area contributed by atoms with Gasteiger partial charge in [0, 0.05) is 15.6 Å². The Labute approximate surface area is 114 Å². The van der Waals surface area contributed by atoms with Gasteiger partial charge in [-0.25, -0.2) is 4.39 Å². The maximum Gasteiger partial charge on any atom is 0.196 e. The molecule has 4 heteroatoms. The van der Waals surface area contributed by atoms with Crippen LogP contribution in [0.3, 0.4) is 0 Å². The van der Waals surface area contributed by atoms with Crippen LogP contribution in [-0.4, -0.2) is 5.78 Å². The average Bonchev–Trinajstić information content (AvgIpc) is 2.26. The van der Waals surface area contributed by atoms with Gasteiger partial charge in [-0.15, -0.1) is 0 Å². The van der Waals surface area contributed by atoms with Crippen molar-refractivity contribution < 1.29 is 9.18 Å². The van der Waals surface area contributed by atoms with Gasteiger partial charge in [0.1, 0.15) is 5.82 Å². The second kappa shape index (κ2) is 5.09. The van der Waals surface area contributed by atoms with Crippen LogP contribution in [0.1, 0.15) is 21.5 Å². The minimum Gasteiger partial charge on any atom is -0.288 e. The van der Waals surface area contributed by atoms with Crippen molar-refractivity contribution in [2.75, 3.05) is 0 Å². The van der Waals surface area contributed by atoms with Crippen LogP contribution >= 0.6 is 23.2 Å². The van der Waals surface area contributed by atoms with E-state index in [0.29, 0.717) is 10.6 Å². The number of rotatable bonds is 2. The molecule has 0 aliphatic rings. The molecule has 0 heterocycles. The summed E-state index contributed by atoms with van der Waals surface area (Å²) in [6.45, 7) is 1.82. The third-order valence-electron chi connectivity index (χ3n) is 2.48. The summed E-state index contributed by atoms with van der Waals surface area (Å²) in [5.41, 5.74) is 1.20. The summed E-state index contributed by atoms with van der Waals surface area (Å²) in [5.74, 6) is -1.04. The number of ketones is 1. The first-order chi connectivity index (χ1) is 8.47. The van der Waals surface area contributed by atoms with Crippen molar-refractivity contribution in [3.63, 3.8) is 0 Å². The number of halogens is 3. The summed E-state index contributed by atoms with van der Waals surface area (Å²) in [6, 6.07) is 8.89. The van der Waals surface area contributed by atoms with Crippen LogP contribution < -0.4 is 0 Å². The van der Waals surface area contributed by atoms with Crippen molar-refractivity contribution in [2.24, 2.45) is 0 Å². The van der Waals surface area contributed by atoms with Crippen LogP contribution in [0.15, 0.2) is 36.4 Å². The number of carbonyl (C=O) groups is 1. The number of carbonyl (C=O) groups excluding carboxylic acids is 1. The molecule has 0 spiro atoms. The first-order valence-electron chi connectivity index (χ1n) is 5.24. The zero-order valence-electron chi connectivity index (χ0n) is 9.51. The van der Waals surface area contributed by atoms with Gasteiger partial charge in [-0.05, 0) is 48.9 Å². The summed E-state index contributed by atoms with van der Waals surface area (Å²) >= 11 is 11.5. The van der Waals surface area contributed by atoms with Gasteiger partial charge < -0.3 is 0 Å². The fraction of sp³-hybridized carbons (Fsp3) is 0.0714. The van der Waals surface area contributed by atoms with Gasteiger partial charge >= 0.3 is 0 Å². The zero-order chi connectivity index (χ0) is 13.3. The highest BCUT2D eigenvalue weighted by Crippen LogP contribution is 2.21. The molecule has 0 aromatic heterocycles. The van der Waals surface area contributed by atoms with Crippen molar-refractivity contribution in [3.05, 3.63) is 69.0 Å². The molecular formula is C14H9Cl2FO. The number of aryl methyl sites for hydroxylation is 1. The van der Waals surface area contributed by atoms with Crippen LogP contribution in [0.2, 0.25) is 10.0 Å². The average molecular weight is 283 g/mol. The van der Waals surface area contributed by atoms with Crippen LogP contribution in [0.5, 0.6) is 0 Å². The second-order valence-electron chi connectivity index (χ2n) is 3.97. The lowest BCUT2D eigenvalue weighted by atomic mass is 10.0. The molecule has 0 saturated heterocycles. The zero-order valence-corrected chi connectivity index (χ0v) is 11.0. The molecule has 0 amide bonds. The Morgan fingerprint density at radius 2 is 1.78 bits per heavy atom. The maximum absolute atomic E-state index is 13.6. The van der Waals surface area contributed by atoms with E-state index in [-0.39, 0.29) is 10.6 Å². The molecule has 2 rings (SSSR count). The van der Waals surface area contributed by atoms with E-state index >= 15 is 0 Å². The Bertz CT molecular complexity index is 603. The molecule has 2 aromatic rings. The van der Waals surface area contributed by atoms with Crippen molar-refractivity contribution in [2.45, 2.75) is 6.92 Å². The van der Waals surface area contributed by atoms with E-state index in [0.717, 1.165) is 11.6 Å². The predicted molar refractivity (Wildman–Crippen MR) is 71.0 cm³/mol. The largest absolute Gasteiger partial charge is 0.288 e. The molecule has 0 N–H and O–H groups in total. The van der Waals surface area contributed by atoms with Gasteiger partial charge in [0.05, 0.1) is 5.56 Å². The molecule has 0 radical (unpaired) electrons. The monoisotopic (exact) mass is 282 g/mol. The van der Waals surface area contributed by atoms with Crippen molar-refractivity contribution in [1.82, 2.24) is 0 Å². The summed E-state index contributed by atoms with van der Waals surface area (Å²) in [6.07, 6.45) is 0. The topological polar surface area (TPSA) is 17.1 Å². The summed E-state index contributed by atoms with van der Waals surface area (Å²) < 4.78 is 13.6. The van der Waals surface area contributed by atoms with Gasteiger partial charge in [0.2, 0.25) is 0 Å². The highest BCUT2D eigenvalue weighted by atomic mass is 35.5. The molecule has 92 valence electrons. The molecule has 0 aliphatic heterocycles. The van der Waals surface area contributed by atoms with Crippen LogP contribution in [0.25, 0.3) is 0 Å². The third kappa shape index (κ3) is 2.71. The third-order valence-corrected chi connectivity index (χ3v) is 2.93. The lowest BCUT2D eigenvalue weighted by Crippen LogP contribution is -2.04. The Balaban J connectivity index is 2.47. The predicted octanol–water partition coefficient (Wildman–Crippen LogP) is 4.67. The molecule has 18 heavy (non-hydrogen) atoms. The van der Waals surface area contributed by atoms with Crippen molar-refractivity contribution in [3.8, 4) is 0 Å². The van der Waals surface area contributed by atoms with Gasteiger partial charge in [-0.2, -0.15) is 0 Å². The fourth-order valence-corrected chi connectivity index (χ4v) is 2.14. The fourth-order valence-electron chi connectivity index (χ4n) is 1.70. The van der Waals surface area contributed by atoms with Gasteiger partial charge in [-0.1, -0.05) is 23.2 Å². The smallest absolute Gasteiger partial charge is 0.196 e. The molecule has 0 bridgehead atoms. The normalized spacial score (nSPS) is 10.4. The van der Waals surface area contributed by atoms with E-state index in [1.807, 2.05) is 6.92 Å². The maximum atomic E-state index is 13.6. The van der Waals surface area contributed by atoms with Crippen LogP contribution in [-0.2, 0) is 0 Å². The van der Waals surface area contributed by atoms with Crippen molar-refractivity contribution >= 4 is 29.0 Å². The quantitative estimate of drug-likeness (QED) is 0.732. The van der Waals surface area contributed by atoms with E-state index in [1.165, 1.54) is 18.2 Å². The van der Waals surface area contributed by atoms with E-state index in [4.69, 9.17) is 23.2 Å². The SMILES string of the molecule is Cc1cc(Cl)cc(C(=O)c2ccc(Cl)cc2F)c1. The van der Waals surface area contributed by atoms with Gasteiger partial charge in [0.15, 0.2) is 5.78 Å². The standard InChI is InChI=1S/C14H9Cl2FO/c1-8-4-9(6-11(16)5-8)14(18)12-3-2-10(15)7-13(12)17/h2-7H,1H3. The Morgan fingerprint density at radius 3 is 2.39 bits per heavy atom. The number of hydrogen-bond acceptors (Lipinski definition) is 1. The minimum atomic E-state index is -0.634. The summed E-state index contributed by atoms with van der Waals surface area (Å²) in [7, 11) is 0. The molecule has 2 aromatic carbocycles. The van der Waals surface area contributed by atoms with Crippen molar-refractivity contribution in [1.29, 1.82) is 0 Å². The van der Waals surface area contributed by atoms with Crippen LogP contribution in [0, 0.1) is 12.7 Å². The Morgan fingerprint density at radius 1 is 1.06 bits per heavy atom. The molecule has 0 unspecified atom stereocenters. The summed E-state index contributed by atoms with van der Waals surface area (Å²) in [5, 5.41) is 0.707. The van der Waals surface area contributed by atoms with Crippen LogP contribution in [0.4, 0.5) is 4.39 Å². The molecule has 1 nitrogen and oxygen atoms in total. The highest BCUT2D eigenvalue weighted by molar-refractivity contribution is 6.31. The summed E-state index contributed by atoms with van der Waals surface area (Å²) in [4.78, 5) is 12.1. The van der Waals surface area contributed by atoms with E-state index < -0.39 is 11.6 Å². The molecule has 0 saturated carbocycles. The Hall–Kier alpha value is -1.38. The van der Waals surface area contributed by atoms with E-state index in [9.17, 15) is 9.18 Å².